The lowest BCUT2D eigenvalue weighted by molar-refractivity contribution is -0.521. The molecule has 10 heteroatoms. The summed E-state index contributed by atoms with van der Waals surface area (Å²) in [6.45, 7) is 0.345. The smallest absolute Gasteiger partial charge is 0.339 e. The number of pyridine rings is 1. The minimum Gasteiger partial charge on any atom is -0.474 e. The lowest BCUT2D eigenvalue weighted by Gasteiger charge is -1.99. The Labute approximate surface area is 159 Å². The second-order valence-corrected chi connectivity index (χ2v) is 8.22. The van der Waals surface area contributed by atoms with Crippen molar-refractivity contribution in [2.24, 2.45) is 0 Å². The highest BCUT2D eigenvalue weighted by atomic mass is 35.5. The molecule has 0 unspecified atom stereocenters. The summed E-state index contributed by atoms with van der Waals surface area (Å²) in [4.78, 5) is 21.8. The van der Waals surface area contributed by atoms with Crippen LogP contribution in [-0.4, -0.2) is 25.4 Å². The van der Waals surface area contributed by atoms with Gasteiger partial charge in [-0.1, -0.05) is 29.3 Å². The summed E-state index contributed by atoms with van der Waals surface area (Å²) in [5.74, 6) is -0.555. The van der Waals surface area contributed by atoms with Gasteiger partial charge in [-0.15, -0.1) is 22.7 Å². The van der Waals surface area contributed by atoms with Gasteiger partial charge in [0, 0.05) is 17.6 Å². The number of halogens is 2. The molecule has 4 aromatic rings. The first-order valence-corrected chi connectivity index (χ1v) is 9.47. The first kappa shape index (κ1) is 16.5. The highest BCUT2D eigenvalue weighted by Gasteiger charge is 2.33. The lowest BCUT2D eigenvalue weighted by atomic mass is 10.2. The molecule has 126 valence electrons. The zero-order valence-electron chi connectivity index (χ0n) is 12.4. The van der Waals surface area contributed by atoms with Gasteiger partial charge >= 0.3 is 5.88 Å². The Balaban J connectivity index is 1.91. The van der Waals surface area contributed by atoms with Gasteiger partial charge in [-0.3, -0.25) is 4.79 Å². The molecule has 0 saturated carbocycles. The van der Waals surface area contributed by atoms with E-state index in [1.165, 1.54) is 11.3 Å². The van der Waals surface area contributed by atoms with Gasteiger partial charge in [-0.05, 0) is 6.07 Å². The minimum atomic E-state index is -0.403. The molecule has 0 aliphatic rings. The topological polar surface area (TPSA) is 72.1 Å². The van der Waals surface area contributed by atoms with Crippen molar-refractivity contribution in [2.75, 3.05) is 0 Å². The number of hydrogen-bond donors (Lipinski definition) is 1. The zero-order valence-corrected chi connectivity index (χ0v) is 15.5. The van der Waals surface area contributed by atoms with E-state index in [9.17, 15) is 9.90 Å². The normalized spacial score (nSPS) is 11.3. The van der Waals surface area contributed by atoms with E-state index in [2.05, 4.69) is 9.97 Å². The summed E-state index contributed by atoms with van der Waals surface area (Å²) >= 11 is 14.2. The average molecular weight is 412 g/mol. The number of thiazole rings is 2. The van der Waals surface area contributed by atoms with Crippen molar-refractivity contribution in [3.8, 4) is 5.88 Å². The average Bonchev–Trinajstić information content (AvgIpc) is 3.28. The Morgan fingerprint density at radius 3 is 2.84 bits per heavy atom. The van der Waals surface area contributed by atoms with E-state index in [0.717, 1.165) is 16.2 Å². The third kappa shape index (κ3) is 2.91. The van der Waals surface area contributed by atoms with E-state index < -0.39 is 5.78 Å². The van der Waals surface area contributed by atoms with Crippen LogP contribution in [-0.2, 0) is 6.54 Å². The molecule has 0 spiro atoms. The Hall–Kier alpha value is -2.00. The first-order chi connectivity index (χ1) is 12.0. The second kappa shape index (κ2) is 6.38. The maximum absolute atomic E-state index is 12.9. The van der Waals surface area contributed by atoms with Gasteiger partial charge in [0.15, 0.2) is 8.93 Å². The molecule has 25 heavy (non-hydrogen) atoms. The van der Waals surface area contributed by atoms with Crippen LogP contribution in [0.25, 0.3) is 5.65 Å². The van der Waals surface area contributed by atoms with Crippen LogP contribution in [0.5, 0.6) is 5.88 Å². The number of aromatic hydroxyl groups is 1. The number of nitrogens with zero attached hydrogens (tertiary/aromatic N) is 4. The van der Waals surface area contributed by atoms with Crippen LogP contribution < -0.4 is 4.40 Å². The number of hydrogen-bond acceptors (Lipinski definition) is 6. The lowest BCUT2D eigenvalue weighted by Crippen LogP contribution is -2.19. The molecule has 0 saturated heterocycles. The third-order valence-corrected chi connectivity index (χ3v) is 5.67. The fourth-order valence-electron chi connectivity index (χ4n) is 2.56. The number of aromatic nitrogens is 4. The van der Waals surface area contributed by atoms with Crippen LogP contribution in [0.1, 0.15) is 21.1 Å². The van der Waals surface area contributed by atoms with Crippen molar-refractivity contribution in [3.05, 3.63) is 61.2 Å². The summed E-state index contributed by atoms with van der Waals surface area (Å²) in [7, 11) is 0. The maximum atomic E-state index is 12.9. The van der Waals surface area contributed by atoms with Gasteiger partial charge in [0.05, 0.1) is 11.1 Å². The van der Waals surface area contributed by atoms with E-state index in [1.54, 1.807) is 32.8 Å². The minimum absolute atomic E-state index is 0.137. The van der Waals surface area contributed by atoms with Crippen molar-refractivity contribution in [3.63, 3.8) is 0 Å². The second-order valence-electron chi connectivity index (χ2n) is 5.08. The van der Waals surface area contributed by atoms with Crippen molar-refractivity contribution in [1.29, 1.82) is 0 Å². The van der Waals surface area contributed by atoms with Gasteiger partial charge in [0.1, 0.15) is 12.2 Å². The summed E-state index contributed by atoms with van der Waals surface area (Å²) in [5, 5.41) is 12.2. The summed E-state index contributed by atoms with van der Waals surface area (Å²) in [5.41, 5.74) is 0.990. The molecule has 0 atom stereocenters. The number of ketones is 1. The molecule has 1 N–H and O–H groups in total. The molecule has 0 aliphatic carbocycles. The largest absolute Gasteiger partial charge is 0.474 e. The molecule has 4 rings (SSSR count). The number of carbonyl (C=O) groups excluding carboxylic acids is 1. The monoisotopic (exact) mass is 411 g/mol. The predicted molar refractivity (Wildman–Crippen MR) is 96.0 cm³/mol. The van der Waals surface area contributed by atoms with Crippen molar-refractivity contribution >= 4 is 57.3 Å². The third-order valence-electron chi connectivity index (χ3n) is 3.59. The Morgan fingerprint density at radius 1 is 1.32 bits per heavy atom. The zero-order chi connectivity index (χ0) is 17.6. The van der Waals surface area contributed by atoms with Gasteiger partial charge in [-0.25, -0.2) is 14.5 Å². The van der Waals surface area contributed by atoms with Crippen molar-refractivity contribution in [2.45, 2.75) is 6.54 Å². The Morgan fingerprint density at radius 2 is 2.16 bits per heavy atom. The molecule has 0 aromatic carbocycles. The number of imidazole rings is 1. The van der Waals surface area contributed by atoms with E-state index in [-0.39, 0.29) is 21.7 Å². The van der Waals surface area contributed by atoms with Crippen LogP contribution in [0.2, 0.25) is 8.93 Å². The number of fused-ring (bicyclic) bond motifs is 1. The van der Waals surface area contributed by atoms with Crippen LogP contribution >= 0.6 is 45.9 Å². The molecule has 6 nitrogen and oxygen atoms in total. The summed E-state index contributed by atoms with van der Waals surface area (Å²) in [6, 6.07) is 5.42. The fourth-order valence-corrected chi connectivity index (χ4v) is 4.27. The quantitative estimate of drug-likeness (QED) is 0.412. The fraction of sp³-hybridized carbons (Fsp3) is 0.0667. The summed E-state index contributed by atoms with van der Waals surface area (Å²) in [6.07, 6.45) is 3.34. The van der Waals surface area contributed by atoms with Crippen molar-refractivity contribution < 1.29 is 14.3 Å². The molecular weight excluding hydrogens is 403 g/mol. The van der Waals surface area contributed by atoms with Gasteiger partial charge in [0.25, 0.3) is 17.1 Å². The highest BCUT2D eigenvalue weighted by molar-refractivity contribution is 7.15. The molecular formula is C15H9Cl2N4O2S2+. The molecule has 0 bridgehead atoms. The van der Waals surface area contributed by atoms with Crippen LogP contribution in [0, 0.1) is 0 Å². The summed E-state index contributed by atoms with van der Waals surface area (Å²) < 4.78 is 3.95. The maximum Gasteiger partial charge on any atom is 0.339 e. The van der Waals surface area contributed by atoms with Crippen LogP contribution in [0.15, 0.2) is 36.0 Å². The first-order valence-electron chi connectivity index (χ1n) is 7.02. The predicted octanol–water partition coefficient (Wildman–Crippen LogP) is 3.43. The molecule has 0 aliphatic heterocycles. The SMILES string of the molecule is O=C(c1csc(Cl)n1)c1c(O)[n+]2ccccc2n1Cc1cnc(Cl)s1. The van der Waals surface area contributed by atoms with Gasteiger partial charge in [-0.2, -0.15) is 4.40 Å². The van der Waals surface area contributed by atoms with E-state index in [4.69, 9.17) is 23.2 Å². The van der Waals surface area contributed by atoms with E-state index >= 15 is 0 Å². The van der Waals surface area contributed by atoms with Gasteiger partial charge < -0.3 is 5.11 Å². The van der Waals surface area contributed by atoms with Crippen LogP contribution in [0.3, 0.4) is 0 Å². The van der Waals surface area contributed by atoms with E-state index in [1.807, 2.05) is 12.1 Å². The van der Waals surface area contributed by atoms with Gasteiger partial charge in [0.2, 0.25) is 0 Å². The Kier molecular flexibility index (Phi) is 4.20. The van der Waals surface area contributed by atoms with Crippen LogP contribution in [0.4, 0.5) is 0 Å². The molecule has 4 heterocycles. The highest BCUT2D eigenvalue weighted by Crippen LogP contribution is 2.26. The van der Waals surface area contributed by atoms with E-state index in [0.29, 0.717) is 16.7 Å². The standard InChI is InChI=1S/C15H8Cl2N4O2S2/c16-14-18-5-8(25-14)6-21-10-3-1-2-4-20(10)13(23)11(21)12(22)9-7-24-15(17)19-9/h1-5,7H,6H2/p+1. The Bertz CT molecular complexity index is 1100. The molecule has 0 amide bonds. The number of carbonyl (C=O) groups is 1. The molecule has 4 aromatic heterocycles. The number of rotatable bonds is 4. The molecule has 0 radical (unpaired) electrons. The molecule has 0 fully saturated rings. The van der Waals surface area contributed by atoms with Crippen molar-refractivity contribution in [1.82, 2.24) is 14.5 Å².